The van der Waals surface area contributed by atoms with Crippen molar-refractivity contribution in [3.05, 3.63) is 11.6 Å². The lowest BCUT2D eigenvalue weighted by molar-refractivity contribution is -0.117. The highest BCUT2D eigenvalue weighted by molar-refractivity contribution is 5.91. The molecular formula is C22H33NO. The van der Waals surface area contributed by atoms with Crippen LogP contribution in [0.2, 0.25) is 0 Å². The average molecular weight is 328 g/mol. The van der Waals surface area contributed by atoms with Gasteiger partial charge in [0, 0.05) is 19.0 Å². The Hall–Kier alpha value is -0.630. The fraction of sp³-hybridized carbons (Fsp3) is 0.864. The zero-order valence-corrected chi connectivity index (χ0v) is 15.7. The lowest BCUT2D eigenvalue weighted by atomic mass is 9.46. The van der Waals surface area contributed by atoms with Crippen LogP contribution in [0.25, 0.3) is 0 Å². The van der Waals surface area contributed by atoms with Crippen LogP contribution in [0, 0.1) is 34.5 Å². The predicted octanol–water partition coefficient (Wildman–Crippen LogP) is 4.45. The molecule has 1 aliphatic heterocycles. The largest absolute Gasteiger partial charge is 0.303 e. The molecule has 1 heterocycles. The molecule has 4 aliphatic carbocycles. The van der Waals surface area contributed by atoms with Gasteiger partial charge in [-0.1, -0.05) is 12.5 Å². The average Bonchev–Trinajstić information content (AvgIpc) is 3.03. The van der Waals surface area contributed by atoms with Gasteiger partial charge in [0.05, 0.1) is 0 Å². The van der Waals surface area contributed by atoms with E-state index in [9.17, 15) is 4.79 Å². The fourth-order valence-electron chi connectivity index (χ4n) is 8.36. The molecule has 5 aliphatic rings. The minimum absolute atomic E-state index is 0.340. The lowest BCUT2D eigenvalue weighted by Crippen LogP contribution is -2.51. The van der Waals surface area contributed by atoms with Crippen molar-refractivity contribution in [1.82, 2.24) is 4.90 Å². The van der Waals surface area contributed by atoms with Crippen LogP contribution in [0.1, 0.15) is 65.2 Å². The highest BCUT2D eigenvalue weighted by Gasteiger charge is 2.64. The number of fused-ring (bicyclic) bond motifs is 4. The second-order valence-electron chi connectivity index (χ2n) is 10.1. The number of nitrogens with zero attached hydrogens (tertiary/aromatic N) is 1. The van der Waals surface area contributed by atoms with Crippen LogP contribution in [-0.4, -0.2) is 30.3 Å². The number of carbonyl (C=O) groups is 1. The maximum Gasteiger partial charge on any atom is 0.155 e. The van der Waals surface area contributed by atoms with Crippen molar-refractivity contribution in [3.63, 3.8) is 0 Å². The van der Waals surface area contributed by atoms with E-state index in [1.54, 1.807) is 0 Å². The first kappa shape index (κ1) is 15.6. The molecule has 5 rings (SSSR count). The zero-order chi connectivity index (χ0) is 16.7. The summed E-state index contributed by atoms with van der Waals surface area (Å²) in [6.45, 7) is 6.34. The summed E-state index contributed by atoms with van der Waals surface area (Å²) in [6, 6.07) is 0.786. The Morgan fingerprint density at radius 2 is 1.83 bits per heavy atom. The molecule has 0 aromatic heterocycles. The quantitative estimate of drug-likeness (QED) is 0.655. The van der Waals surface area contributed by atoms with Gasteiger partial charge in [-0.3, -0.25) is 4.79 Å². The number of carbonyl (C=O) groups excluding carboxylic acids is 1. The Kier molecular flexibility index (Phi) is 3.23. The van der Waals surface area contributed by atoms with Crippen molar-refractivity contribution in [3.8, 4) is 0 Å². The number of rotatable bonds is 0. The topological polar surface area (TPSA) is 20.3 Å². The molecule has 24 heavy (non-hydrogen) atoms. The van der Waals surface area contributed by atoms with Gasteiger partial charge in [0.25, 0.3) is 0 Å². The van der Waals surface area contributed by atoms with E-state index in [2.05, 4.69) is 25.8 Å². The number of hydrogen-bond acceptors (Lipinski definition) is 2. The van der Waals surface area contributed by atoms with Crippen molar-refractivity contribution in [2.75, 3.05) is 13.6 Å². The van der Waals surface area contributed by atoms with Crippen LogP contribution in [0.5, 0.6) is 0 Å². The molecule has 2 nitrogen and oxygen atoms in total. The number of ketones is 1. The van der Waals surface area contributed by atoms with Crippen LogP contribution in [0.4, 0.5) is 0 Å². The first-order valence-electron chi connectivity index (χ1n) is 10.4. The molecular weight excluding hydrogens is 294 g/mol. The van der Waals surface area contributed by atoms with E-state index in [0.29, 0.717) is 16.6 Å². The molecule has 0 aromatic rings. The summed E-state index contributed by atoms with van der Waals surface area (Å²) in [7, 11) is 2.36. The summed E-state index contributed by atoms with van der Waals surface area (Å²) in [5, 5.41) is 0. The minimum atomic E-state index is 0.340. The highest BCUT2D eigenvalue weighted by Crippen LogP contribution is 2.68. The monoisotopic (exact) mass is 327 g/mol. The lowest BCUT2D eigenvalue weighted by Gasteiger charge is -2.58. The molecule has 4 fully saturated rings. The van der Waals surface area contributed by atoms with Crippen molar-refractivity contribution < 1.29 is 4.79 Å². The van der Waals surface area contributed by atoms with E-state index in [-0.39, 0.29) is 0 Å². The van der Waals surface area contributed by atoms with E-state index in [1.807, 2.05) is 6.08 Å². The van der Waals surface area contributed by atoms with E-state index in [4.69, 9.17) is 0 Å². The Morgan fingerprint density at radius 3 is 2.67 bits per heavy atom. The number of hydrogen-bond donors (Lipinski definition) is 0. The molecule has 132 valence electrons. The summed E-state index contributed by atoms with van der Waals surface area (Å²) < 4.78 is 0. The molecule has 0 amide bonds. The molecule has 2 heteroatoms. The summed E-state index contributed by atoms with van der Waals surface area (Å²) in [6.07, 6.45) is 12.3. The zero-order valence-electron chi connectivity index (χ0n) is 15.7. The van der Waals surface area contributed by atoms with Crippen LogP contribution in [0.3, 0.4) is 0 Å². The van der Waals surface area contributed by atoms with Gasteiger partial charge in [-0.2, -0.15) is 0 Å². The standard InChI is InChI=1S/C22H33NO/c1-14-18-6-7-20-17-5-4-15-12-16(24)8-10-21(15,2)19(17)9-11-22(18,20)13-23(14)3/h12,14,17-20H,4-11,13H2,1-3H3/t14-,17+,18+,19-,20-,21-,22-/m0/s1. The molecule has 3 saturated carbocycles. The third kappa shape index (κ3) is 1.79. The SMILES string of the molecule is C[C@H]1[C@H]2CC[C@H]3[C@@H]4CCC5=CC(=O)CC[C@]5(C)[C@H]4CC[C@]23CN1C. The van der Waals surface area contributed by atoms with Gasteiger partial charge in [0.2, 0.25) is 0 Å². The van der Waals surface area contributed by atoms with Crippen molar-refractivity contribution in [2.24, 2.45) is 34.5 Å². The maximum absolute atomic E-state index is 11.9. The fourth-order valence-corrected chi connectivity index (χ4v) is 8.36. The van der Waals surface area contributed by atoms with Crippen LogP contribution in [0.15, 0.2) is 11.6 Å². The normalized spacial score (nSPS) is 53.9. The smallest absolute Gasteiger partial charge is 0.155 e. The molecule has 0 aromatic carbocycles. The van der Waals surface area contributed by atoms with Crippen LogP contribution in [-0.2, 0) is 4.79 Å². The summed E-state index contributed by atoms with van der Waals surface area (Å²) in [5.74, 6) is 4.08. The van der Waals surface area contributed by atoms with Crippen LogP contribution < -0.4 is 0 Å². The van der Waals surface area contributed by atoms with Gasteiger partial charge in [-0.25, -0.2) is 0 Å². The minimum Gasteiger partial charge on any atom is -0.303 e. The molecule has 0 N–H and O–H groups in total. The number of allylic oxidation sites excluding steroid dienone is 1. The Balaban J connectivity index is 1.50. The van der Waals surface area contributed by atoms with Gasteiger partial charge in [-0.05, 0) is 99.5 Å². The van der Waals surface area contributed by atoms with Gasteiger partial charge in [0.1, 0.15) is 0 Å². The Morgan fingerprint density at radius 1 is 1.04 bits per heavy atom. The van der Waals surface area contributed by atoms with Gasteiger partial charge in [0.15, 0.2) is 5.78 Å². The van der Waals surface area contributed by atoms with E-state index in [0.717, 1.165) is 42.6 Å². The second-order valence-corrected chi connectivity index (χ2v) is 10.1. The summed E-state index contributed by atoms with van der Waals surface area (Å²) in [5.41, 5.74) is 2.49. The Labute approximate surface area is 147 Å². The molecule has 7 atom stereocenters. The second kappa shape index (κ2) is 4.96. The van der Waals surface area contributed by atoms with E-state index in [1.165, 1.54) is 50.6 Å². The summed E-state index contributed by atoms with van der Waals surface area (Å²) >= 11 is 0. The Bertz CT molecular complexity index is 609. The number of likely N-dealkylation sites (tertiary alicyclic amines) is 1. The predicted molar refractivity (Wildman–Crippen MR) is 96.6 cm³/mol. The van der Waals surface area contributed by atoms with Crippen molar-refractivity contribution in [1.29, 1.82) is 0 Å². The van der Waals surface area contributed by atoms with E-state index >= 15 is 0 Å². The van der Waals surface area contributed by atoms with E-state index < -0.39 is 0 Å². The third-order valence-corrected chi connectivity index (χ3v) is 9.57. The van der Waals surface area contributed by atoms with Crippen molar-refractivity contribution in [2.45, 2.75) is 71.3 Å². The molecule has 0 unspecified atom stereocenters. The van der Waals surface area contributed by atoms with Gasteiger partial charge in [-0.15, -0.1) is 0 Å². The first-order chi connectivity index (χ1) is 11.5. The van der Waals surface area contributed by atoms with Crippen molar-refractivity contribution >= 4 is 5.78 Å². The molecule has 1 saturated heterocycles. The third-order valence-electron chi connectivity index (χ3n) is 9.57. The van der Waals surface area contributed by atoms with Crippen LogP contribution >= 0.6 is 0 Å². The maximum atomic E-state index is 11.9. The van der Waals surface area contributed by atoms with Gasteiger partial charge < -0.3 is 4.90 Å². The highest BCUT2D eigenvalue weighted by atomic mass is 16.1. The molecule has 0 bridgehead atoms. The van der Waals surface area contributed by atoms with Gasteiger partial charge >= 0.3 is 0 Å². The molecule has 1 spiro atoms. The first-order valence-corrected chi connectivity index (χ1v) is 10.4. The summed E-state index contributed by atoms with van der Waals surface area (Å²) in [4.78, 5) is 14.6. The molecule has 0 radical (unpaired) electrons.